The van der Waals surface area contributed by atoms with E-state index in [9.17, 15) is 9.59 Å². The number of methoxy groups -OCH3 is 1. The lowest BCUT2D eigenvalue weighted by molar-refractivity contribution is -0.139. The Morgan fingerprint density at radius 2 is 2.13 bits per heavy atom. The number of piperazine rings is 1. The third kappa shape index (κ3) is 4.47. The molecular formula is C17H20N2O4. The molecule has 1 fully saturated rings. The fraction of sp³-hybridized carbons (Fsp3) is 0.412. The van der Waals surface area contributed by atoms with Crippen molar-refractivity contribution in [3.8, 4) is 12.3 Å². The first-order chi connectivity index (χ1) is 11.2. The number of ether oxygens (including phenoxy) is 2. The highest BCUT2D eigenvalue weighted by Crippen LogP contribution is 2.13. The number of carbonyl (C=O) groups is 2. The summed E-state index contributed by atoms with van der Waals surface area (Å²) in [5.74, 6) is 2.26. The van der Waals surface area contributed by atoms with Gasteiger partial charge in [0.25, 0.3) is 0 Å². The van der Waals surface area contributed by atoms with Crippen LogP contribution in [0.3, 0.4) is 0 Å². The topological polar surface area (TPSA) is 59.1 Å². The molecule has 6 nitrogen and oxygen atoms in total. The highest BCUT2D eigenvalue weighted by atomic mass is 16.6. The molecule has 1 aliphatic rings. The van der Waals surface area contributed by atoms with E-state index in [0.29, 0.717) is 13.2 Å². The minimum atomic E-state index is -0.510. The lowest BCUT2D eigenvalue weighted by Crippen LogP contribution is -2.59. The summed E-state index contributed by atoms with van der Waals surface area (Å²) in [7, 11) is 1.55. The fourth-order valence-electron chi connectivity index (χ4n) is 2.48. The first kappa shape index (κ1) is 16.8. The maximum absolute atomic E-state index is 12.2. The number of hydrogen-bond donors (Lipinski definition) is 0. The van der Waals surface area contributed by atoms with Crippen LogP contribution in [-0.2, 0) is 20.9 Å². The molecule has 0 bridgehead atoms. The first-order valence-electron chi connectivity index (χ1n) is 7.33. The van der Waals surface area contributed by atoms with Crippen molar-refractivity contribution >= 4 is 12.0 Å². The molecule has 6 heteroatoms. The molecule has 2 amide bonds. The van der Waals surface area contributed by atoms with E-state index in [0.717, 1.165) is 5.56 Å². The molecule has 0 N–H and O–H groups in total. The summed E-state index contributed by atoms with van der Waals surface area (Å²) < 4.78 is 10.4. The summed E-state index contributed by atoms with van der Waals surface area (Å²) in [6.45, 7) is 1.01. The largest absolute Gasteiger partial charge is 0.445 e. The molecule has 0 aromatic heterocycles. The fourth-order valence-corrected chi connectivity index (χ4v) is 2.48. The molecule has 122 valence electrons. The Balaban J connectivity index is 1.95. The van der Waals surface area contributed by atoms with Gasteiger partial charge in [-0.15, -0.1) is 6.42 Å². The number of nitrogens with zero attached hydrogens (tertiary/aromatic N) is 2. The zero-order valence-corrected chi connectivity index (χ0v) is 13.1. The molecule has 1 aromatic carbocycles. The average Bonchev–Trinajstić information content (AvgIpc) is 2.56. The quantitative estimate of drug-likeness (QED) is 0.764. The van der Waals surface area contributed by atoms with Crippen molar-refractivity contribution in [2.75, 3.05) is 33.4 Å². The van der Waals surface area contributed by atoms with Gasteiger partial charge < -0.3 is 14.4 Å². The first-order valence-corrected chi connectivity index (χ1v) is 7.33. The van der Waals surface area contributed by atoms with Gasteiger partial charge in [0.2, 0.25) is 5.91 Å². The van der Waals surface area contributed by atoms with Crippen LogP contribution in [0.1, 0.15) is 5.56 Å². The number of carbonyl (C=O) groups excluding carboxylic acids is 2. The molecule has 1 heterocycles. The highest BCUT2D eigenvalue weighted by Gasteiger charge is 2.34. The molecule has 0 radical (unpaired) electrons. The molecule has 2 rings (SSSR count). The molecular weight excluding hydrogens is 296 g/mol. The summed E-state index contributed by atoms with van der Waals surface area (Å²) in [5, 5.41) is 0. The average molecular weight is 316 g/mol. The van der Waals surface area contributed by atoms with E-state index in [1.165, 1.54) is 4.90 Å². The van der Waals surface area contributed by atoms with Crippen molar-refractivity contribution < 1.29 is 19.1 Å². The number of rotatable bonds is 5. The molecule has 1 atom stereocenters. The Labute approximate surface area is 136 Å². The van der Waals surface area contributed by atoms with Gasteiger partial charge in [-0.1, -0.05) is 36.3 Å². The minimum Gasteiger partial charge on any atom is -0.445 e. The van der Waals surface area contributed by atoms with Crippen molar-refractivity contribution in [1.82, 2.24) is 9.80 Å². The smallest absolute Gasteiger partial charge is 0.410 e. The Kier molecular flexibility index (Phi) is 6.01. The summed E-state index contributed by atoms with van der Waals surface area (Å²) in [6, 6.07) is 9.12. The monoisotopic (exact) mass is 316 g/mol. The second kappa shape index (κ2) is 8.20. The molecule has 1 saturated heterocycles. The van der Waals surface area contributed by atoms with Gasteiger partial charge in [-0.2, -0.15) is 0 Å². The normalized spacial score (nSPS) is 17.7. The summed E-state index contributed by atoms with van der Waals surface area (Å²) in [4.78, 5) is 27.3. The number of hydrogen-bond acceptors (Lipinski definition) is 4. The molecule has 0 spiro atoms. The SMILES string of the molecule is C#CCN1C(=O)CN(C(=O)OCc2ccccc2)C[C@@H]1COC. The van der Waals surface area contributed by atoms with Gasteiger partial charge in [-0.3, -0.25) is 9.69 Å². The van der Waals surface area contributed by atoms with Crippen LogP contribution in [0, 0.1) is 12.3 Å². The molecule has 23 heavy (non-hydrogen) atoms. The Morgan fingerprint density at radius 1 is 1.39 bits per heavy atom. The molecule has 0 saturated carbocycles. The van der Waals surface area contributed by atoms with Gasteiger partial charge in [-0.05, 0) is 5.56 Å². The van der Waals surface area contributed by atoms with Crippen LogP contribution in [0.25, 0.3) is 0 Å². The van der Waals surface area contributed by atoms with Crippen molar-refractivity contribution in [3.63, 3.8) is 0 Å². The minimum absolute atomic E-state index is 0.0322. The van der Waals surface area contributed by atoms with Crippen LogP contribution in [0.5, 0.6) is 0 Å². The zero-order chi connectivity index (χ0) is 16.7. The summed E-state index contributed by atoms with van der Waals surface area (Å²) in [5.41, 5.74) is 0.895. The highest BCUT2D eigenvalue weighted by molar-refractivity contribution is 5.84. The summed E-state index contributed by atoms with van der Waals surface area (Å²) in [6.07, 6.45) is 4.79. The standard InChI is InChI=1S/C17H20N2O4/c1-3-9-19-15(13-22-2)10-18(11-16(19)20)17(21)23-12-14-7-5-4-6-8-14/h1,4-8,15H,9-13H2,2H3/t15-/m1/s1. The zero-order valence-electron chi connectivity index (χ0n) is 13.1. The summed E-state index contributed by atoms with van der Waals surface area (Å²) >= 11 is 0. The van der Waals surface area contributed by atoms with Gasteiger partial charge in [-0.25, -0.2) is 4.79 Å². The van der Waals surface area contributed by atoms with Gasteiger partial charge >= 0.3 is 6.09 Å². The van der Waals surface area contributed by atoms with Crippen molar-refractivity contribution in [2.45, 2.75) is 12.6 Å². The predicted octanol–water partition coefficient (Wildman–Crippen LogP) is 1.12. The van der Waals surface area contributed by atoms with Crippen molar-refractivity contribution in [1.29, 1.82) is 0 Å². The van der Waals surface area contributed by atoms with E-state index in [1.807, 2.05) is 30.3 Å². The lowest BCUT2D eigenvalue weighted by Gasteiger charge is -2.39. The van der Waals surface area contributed by atoms with Crippen LogP contribution in [0.15, 0.2) is 30.3 Å². The molecule has 0 aliphatic carbocycles. The van der Waals surface area contributed by atoms with E-state index in [4.69, 9.17) is 15.9 Å². The number of amides is 2. The van der Waals surface area contributed by atoms with Gasteiger partial charge in [0.15, 0.2) is 0 Å². The van der Waals surface area contributed by atoms with Crippen LogP contribution < -0.4 is 0 Å². The molecule has 1 aliphatic heterocycles. The van der Waals surface area contributed by atoms with Gasteiger partial charge in [0.05, 0.1) is 19.2 Å². The number of terminal acetylenes is 1. The van der Waals surface area contributed by atoms with E-state index >= 15 is 0 Å². The van der Waals surface area contributed by atoms with Gasteiger partial charge in [0.1, 0.15) is 13.2 Å². The lowest BCUT2D eigenvalue weighted by atomic mass is 10.1. The number of benzene rings is 1. The van der Waals surface area contributed by atoms with Crippen LogP contribution in [-0.4, -0.2) is 61.2 Å². The van der Waals surface area contributed by atoms with E-state index in [-0.39, 0.29) is 31.6 Å². The van der Waals surface area contributed by atoms with Gasteiger partial charge in [0, 0.05) is 13.7 Å². The Morgan fingerprint density at radius 3 is 2.78 bits per heavy atom. The van der Waals surface area contributed by atoms with E-state index in [2.05, 4.69) is 5.92 Å². The third-order valence-electron chi connectivity index (χ3n) is 3.60. The maximum atomic E-state index is 12.2. The van der Waals surface area contributed by atoms with Crippen LogP contribution >= 0.6 is 0 Å². The molecule has 1 aromatic rings. The second-order valence-electron chi connectivity index (χ2n) is 5.26. The predicted molar refractivity (Wildman–Crippen MR) is 84.4 cm³/mol. The van der Waals surface area contributed by atoms with Crippen LogP contribution in [0.2, 0.25) is 0 Å². The second-order valence-corrected chi connectivity index (χ2v) is 5.26. The maximum Gasteiger partial charge on any atom is 0.410 e. The van der Waals surface area contributed by atoms with Crippen molar-refractivity contribution in [3.05, 3.63) is 35.9 Å². The van der Waals surface area contributed by atoms with E-state index < -0.39 is 6.09 Å². The van der Waals surface area contributed by atoms with Crippen molar-refractivity contribution in [2.24, 2.45) is 0 Å². The van der Waals surface area contributed by atoms with E-state index in [1.54, 1.807) is 12.0 Å². The molecule has 0 unspecified atom stereocenters. The Bertz CT molecular complexity index is 582. The third-order valence-corrected chi connectivity index (χ3v) is 3.60. The Hall–Kier alpha value is -2.52. The van der Waals surface area contributed by atoms with Crippen LogP contribution in [0.4, 0.5) is 4.79 Å².